The summed E-state index contributed by atoms with van der Waals surface area (Å²) in [4.78, 5) is 17.3. The molecule has 0 radical (unpaired) electrons. The highest BCUT2D eigenvalue weighted by atomic mass is 79.9. The highest BCUT2D eigenvalue weighted by Gasteiger charge is 2.28. The normalized spacial score (nSPS) is 14.5. The number of amides is 1. The fourth-order valence-corrected chi connectivity index (χ4v) is 4.27. The molecule has 29 heavy (non-hydrogen) atoms. The molecule has 0 N–H and O–H groups in total. The molecule has 0 bridgehead atoms. The van der Waals surface area contributed by atoms with Gasteiger partial charge in [-0.3, -0.25) is 9.69 Å². The second-order valence-electron chi connectivity index (χ2n) is 7.06. The van der Waals surface area contributed by atoms with Gasteiger partial charge in [0, 0.05) is 36.2 Å². The van der Waals surface area contributed by atoms with E-state index in [0.29, 0.717) is 0 Å². The van der Waals surface area contributed by atoms with E-state index in [1.807, 2.05) is 29.2 Å². The van der Waals surface area contributed by atoms with Gasteiger partial charge in [0.1, 0.15) is 0 Å². The number of benzene rings is 3. The van der Waals surface area contributed by atoms with Crippen LogP contribution in [0.3, 0.4) is 0 Å². The SMILES string of the molecule is O=C(c1cccc(Br)c1)N1CCN(C(c2ccccc2)c2ccccc2)CC1.[Cl-]. The number of rotatable bonds is 4. The van der Waals surface area contributed by atoms with E-state index in [2.05, 4.69) is 81.5 Å². The summed E-state index contributed by atoms with van der Waals surface area (Å²) < 4.78 is 0.935. The quantitative estimate of drug-likeness (QED) is 0.582. The zero-order chi connectivity index (χ0) is 19.3. The highest BCUT2D eigenvalue weighted by Crippen LogP contribution is 2.29. The third-order valence-electron chi connectivity index (χ3n) is 5.27. The minimum Gasteiger partial charge on any atom is -1.00 e. The number of carbonyl (C=O) groups is 1. The zero-order valence-electron chi connectivity index (χ0n) is 16.0. The van der Waals surface area contributed by atoms with Crippen molar-refractivity contribution in [2.45, 2.75) is 6.04 Å². The van der Waals surface area contributed by atoms with Crippen LogP contribution in [-0.4, -0.2) is 41.9 Å². The standard InChI is InChI=1S/C24H23BrN2O.ClH/c25-22-13-7-12-21(18-22)24(28)27-16-14-26(15-17-27)23(19-8-3-1-4-9-19)20-10-5-2-6-11-20;/h1-13,18,23H,14-17H2;1H/p-1. The van der Waals surface area contributed by atoms with Gasteiger partial charge in [-0.15, -0.1) is 0 Å². The molecule has 4 rings (SSSR count). The molecule has 0 saturated carbocycles. The van der Waals surface area contributed by atoms with Crippen LogP contribution in [0.15, 0.2) is 89.4 Å². The molecule has 1 aliphatic heterocycles. The van der Waals surface area contributed by atoms with Gasteiger partial charge in [0.2, 0.25) is 0 Å². The van der Waals surface area contributed by atoms with E-state index in [9.17, 15) is 4.79 Å². The van der Waals surface area contributed by atoms with Crippen LogP contribution in [-0.2, 0) is 0 Å². The second kappa shape index (κ2) is 10.1. The molecule has 0 aliphatic carbocycles. The lowest BCUT2D eigenvalue weighted by molar-refractivity contribution is -0.0000162. The highest BCUT2D eigenvalue weighted by molar-refractivity contribution is 9.10. The van der Waals surface area contributed by atoms with E-state index < -0.39 is 0 Å². The van der Waals surface area contributed by atoms with Gasteiger partial charge >= 0.3 is 0 Å². The first kappa shape index (κ1) is 21.6. The first-order valence-corrected chi connectivity index (χ1v) is 10.4. The smallest absolute Gasteiger partial charge is 0.253 e. The van der Waals surface area contributed by atoms with Crippen molar-refractivity contribution in [3.05, 3.63) is 106 Å². The number of halogens is 2. The van der Waals surface area contributed by atoms with Crippen LogP contribution in [0.4, 0.5) is 0 Å². The molecule has 1 saturated heterocycles. The maximum absolute atomic E-state index is 12.9. The number of piperazine rings is 1. The monoisotopic (exact) mass is 469 g/mol. The molecular weight excluding hydrogens is 448 g/mol. The summed E-state index contributed by atoms with van der Waals surface area (Å²) >= 11 is 3.46. The Labute approximate surface area is 186 Å². The molecule has 3 nitrogen and oxygen atoms in total. The molecule has 1 aliphatic rings. The minimum absolute atomic E-state index is 0. The molecule has 3 aromatic rings. The lowest BCUT2D eigenvalue weighted by Gasteiger charge is -2.39. The number of hydrogen-bond acceptors (Lipinski definition) is 2. The van der Waals surface area contributed by atoms with Crippen LogP contribution >= 0.6 is 15.9 Å². The van der Waals surface area contributed by atoms with Gasteiger partial charge in [-0.05, 0) is 29.3 Å². The van der Waals surface area contributed by atoms with Gasteiger partial charge in [0.15, 0.2) is 0 Å². The van der Waals surface area contributed by atoms with E-state index in [1.54, 1.807) is 0 Å². The predicted molar refractivity (Wildman–Crippen MR) is 116 cm³/mol. The van der Waals surface area contributed by atoms with E-state index in [-0.39, 0.29) is 24.4 Å². The Morgan fingerprint density at radius 3 is 1.83 bits per heavy atom. The fraction of sp³-hybridized carbons (Fsp3) is 0.208. The van der Waals surface area contributed by atoms with E-state index in [0.717, 1.165) is 36.2 Å². The van der Waals surface area contributed by atoms with Crippen molar-refractivity contribution in [3.8, 4) is 0 Å². The molecule has 1 amide bonds. The summed E-state index contributed by atoms with van der Waals surface area (Å²) in [6.07, 6.45) is 0. The first-order valence-electron chi connectivity index (χ1n) is 9.61. The molecule has 1 heterocycles. The maximum Gasteiger partial charge on any atom is 0.253 e. The average Bonchev–Trinajstić information content (AvgIpc) is 2.75. The Kier molecular flexibility index (Phi) is 7.48. The number of carbonyl (C=O) groups excluding carboxylic acids is 1. The van der Waals surface area contributed by atoms with E-state index in [1.165, 1.54) is 11.1 Å². The van der Waals surface area contributed by atoms with Crippen molar-refractivity contribution in [1.29, 1.82) is 0 Å². The van der Waals surface area contributed by atoms with Gasteiger partial charge in [-0.2, -0.15) is 0 Å². The van der Waals surface area contributed by atoms with Gasteiger partial charge in [0.25, 0.3) is 5.91 Å². The maximum atomic E-state index is 12.9. The van der Waals surface area contributed by atoms with Crippen molar-refractivity contribution in [2.24, 2.45) is 0 Å². The lowest BCUT2D eigenvalue weighted by atomic mass is 9.96. The Morgan fingerprint density at radius 2 is 1.31 bits per heavy atom. The van der Waals surface area contributed by atoms with Crippen LogP contribution in [0, 0.1) is 0 Å². The Bertz CT molecular complexity index is 888. The Morgan fingerprint density at radius 1 is 0.759 bits per heavy atom. The molecule has 0 unspecified atom stereocenters. The van der Waals surface area contributed by atoms with Crippen molar-refractivity contribution in [1.82, 2.24) is 9.80 Å². The predicted octanol–water partition coefficient (Wildman–Crippen LogP) is 2.00. The molecule has 0 aromatic heterocycles. The van der Waals surface area contributed by atoms with Crippen molar-refractivity contribution in [3.63, 3.8) is 0 Å². The van der Waals surface area contributed by atoms with Crippen molar-refractivity contribution < 1.29 is 17.2 Å². The van der Waals surface area contributed by atoms with E-state index >= 15 is 0 Å². The summed E-state index contributed by atoms with van der Waals surface area (Å²) in [5, 5.41) is 0. The molecule has 0 spiro atoms. The third-order valence-corrected chi connectivity index (χ3v) is 5.76. The lowest BCUT2D eigenvalue weighted by Crippen LogP contribution is -3.00. The molecule has 150 valence electrons. The first-order chi connectivity index (χ1) is 13.7. The van der Waals surface area contributed by atoms with Crippen molar-refractivity contribution >= 4 is 21.8 Å². The molecule has 3 aromatic carbocycles. The topological polar surface area (TPSA) is 23.6 Å². The minimum atomic E-state index is 0. The number of nitrogens with zero attached hydrogens (tertiary/aromatic N) is 2. The summed E-state index contributed by atoms with van der Waals surface area (Å²) in [5.41, 5.74) is 3.33. The average molecular weight is 471 g/mol. The molecule has 5 heteroatoms. The fourth-order valence-electron chi connectivity index (χ4n) is 3.87. The van der Waals surface area contributed by atoms with Crippen LogP contribution < -0.4 is 12.4 Å². The van der Waals surface area contributed by atoms with Gasteiger partial charge in [-0.25, -0.2) is 0 Å². The largest absolute Gasteiger partial charge is 1.00 e. The molecule has 0 atom stereocenters. The third kappa shape index (κ3) is 5.08. The van der Waals surface area contributed by atoms with Gasteiger partial charge in [0.05, 0.1) is 6.04 Å². The molecule has 1 fully saturated rings. The van der Waals surface area contributed by atoms with Crippen LogP contribution in [0.25, 0.3) is 0 Å². The summed E-state index contributed by atoms with van der Waals surface area (Å²) in [6, 6.07) is 29.1. The van der Waals surface area contributed by atoms with Crippen LogP contribution in [0.1, 0.15) is 27.5 Å². The van der Waals surface area contributed by atoms with Crippen LogP contribution in [0.5, 0.6) is 0 Å². The summed E-state index contributed by atoms with van der Waals surface area (Å²) in [7, 11) is 0. The Hall–Kier alpha value is -2.14. The van der Waals surface area contributed by atoms with E-state index in [4.69, 9.17) is 0 Å². The summed E-state index contributed by atoms with van der Waals surface area (Å²) in [5.74, 6) is 0.108. The second-order valence-corrected chi connectivity index (χ2v) is 7.98. The molecular formula is C24H23BrClN2O-. The van der Waals surface area contributed by atoms with Crippen molar-refractivity contribution in [2.75, 3.05) is 26.2 Å². The zero-order valence-corrected chi connectivity index (χ0v) is 18.4. The van der Waals surface area contributed by atoms with Gasteiger partial charge in [-0.1, -0.05) is 82.7 Å². The Balaban J connectivity index is 0.00000240. The van der Waals surface area contributed by atoms with Crippen LogP contribution in [0.2, 0.25) is 0 Å². The number of hydrogen-bond donors (Lipinski definition) is 0. The van der Waals surface area contributed by atoms with Gasteiger partial charge < -0.3 is 17.3 Å². The summed E-state index contributed by atoms with van der Waals surface area (Å²) in [6.45, 7) is 3.19.